The van der Waals surface area contributed by atoms with Crippen LogP contribution in [0.4, 0.5) is 5.69 Å². The molecular weight excluding hydrogens is 230 g/mol. The van der Waals surface area contributed by atoms with Crippen molar-refractivity contribution in [2.75, 3.05) is 23.5 Å². The average molecular weight is 249 g/mol. The summed E-state index contributed by atoms with van der Waals surface area (Å²) >= 11 is 1.87. The molecule has 0 aliphatic carbocycles. The molecule has 17 heavy (non-hydrogen) atoms. The zero-order valence-corrected chi connectivity index (χ0v) is 11.2. The highest BCUT2D eigenvalue weighted by molar-refractivity contribution is 7.98. The lowest BCUT2D eigenvalue weighted by molar-refractivity contribution is 0.690. The van der Waals surface area contributed by atoms with Crippen molar-refractivity contribution in [3.8, 4) is 0 Å². The molecule has 1 aliphatic rings. The summed E-state index contributed by atoms with van der Waals surface area (Å²) in [6, 6.07) is 8.90. The number of rotatable bonds is 4. The molecule has 0 aromatic heterocycles. The van der Waals surface area contributed by atoms with E-state index in [4.69, 9.17) is 5.73 Å². The molecule has 1 aromatic rings. The van der Waals surface area contributed by atoms with Crippen LogP contribution in [-0.4, -0.2) is 30.6 Å². The summed E-state index contributed by atoms with van der Waals surface area (Å²) in [6.45, 7) is 2.91. The fourth-order valence-electron chi connectivity index (χ4n) is 2.07. The maximum absolute atomic E-state index is 5.98. The van der Waals surface area contributed by atoms with E-state index in [2.05, 4.69) is 47.3 Å². The zero-order chi connectivity index (χ0) is 12.3. The van der Waals surface area contributed by atoms with Gasteiger partial charge in [0, 0.05) is 5.69 Å². The zero-order valence-electron chi connectivity index (χ0n) is 10.4. The first-order valence-electron chi connectivity index (χ1n) is 5.87. The molecule has 0 bridgehead atoms. The topological polar surface area (TPSA) is 41.6 Å². The Kier molecular flexibility index (Phi) is 3.94. The van der Waals surface area contributed by atoms with Crippen LogP contribution >= 0.6 is 11.8 Å². The van der Waals surface area contributed by atoms with Gasteiger partial charge in [-0.25, -0.2) is 0 Å². The van der Waals surface area contributed by atoms with Crippen molar-refractivity contribution in [2.45, 2.75) is 19.4 Å². The van der Waals surface area contributed by atoms with E-state index in [0.717, 1.165) is 24.4 Å². The monoisotopic (exact) mass is 249 g/mol. The smallest absolute Gasteiger partial charge is 0.196 e. The van der Waals surface area contributed by atoms with Crippen molar-refractivity contribution >= 4 is 23.4 Å². The Labute approximate surface area is 107 Å². The number of aryl methyl sites for hydroxylation is 1. The summed E-state index contributed by atoms with van der Waals surface area (Å²) < 4.78 is 0. The van der Waals surface area contributed by atoms with Crippen LogP contribution in [0.15, 0.2) is 29.3 Å². The maximum Gasteiger partial charge on any atom is 0.196 e. The Bertz CT molecular complexity index is 400. The van der Waals surface area contributed by atoms with E-state index in [9.17, 15) is 0 Å². The largest absolute Gasteiger partial charge is 0.370 e. The molecule has 1 heterocycles. The van der Waals surface area contributed by atoms with Gasteiger partial charge >= 0.3 is 0 Å². The van der Waals surface area contributed by atoms with Gasteiger partial charge in [0.05, 0.1) is 12.6 Å². The summed E-state index contributed by atoms with van der Waals surface area (Å²) in [7, 11) is 0. The molecule has 4 heteroatoms. The summed E-state index contributed by atoms with van der Waals surface area (Å²) in [5.74, 6) is 1.80. The Morgan fingerprint density at radius 3 is 2.76 bits per heavy atom. The maximum atomic E-state index is 5.98. The molecule has 0 saturated carbocycles. The highest BCUT2D eigenvalue weighted by Gasteiger charge is 2.26. The van der Waals surface area contributed by atoms with Crippen LogP contribution in [0.25, 0.3) is 0 Å². The number of nitrogens with zero attached hydrogens (tertiary/aromatic N) is 2. The lowest BCUT2D eigenvalue weighted by atomic mass is 10.1. The summed E-state index contributed by atoms with van der Waals surface area (Å²) in [6.07, 6.45) is 3.26. The first-order chi connectivity index (χ1) is 8.22. The fourth-order valence-corrected chi connectivity index (χ4v) is 2.57. The van der Waals surface area contributed by atoms with Crippen molar-refractivity contribution in [2.24, 2.45) is 10.7 Å². The number of nitrogens with two attached hydrogens (primary N) is 1. The van der Waals surface area contributed by atoms with Gasteiger partial charge in [0.15, 0.2) is 5.96 Å². The molecule has 3 nitrogen and oxygen atoms in total. The molecular formula is C13H19N3S. The third-order valence-corrected chi connectivity index (χ3v) is 3.69. The molecule has 0 amide bonds. The Hall–Kier alpha value is -1.16. The lowest BCUT2D eigenvalue weighted by Gasteiger charge is -2.26. The molecule has 2 N–H and O–H groups in total. The molecule has 1 aliphatic heterocycles. The standard InChI is InChI=1S/C13H19N3S/c1-10-3-5-11(6-4-10)16-12(7-8-17-2)9-15-13(16)14/h3-6,12H,7-9H2,1-2H3,(H2,14,15). The Morgan fingerprint density at radius 2 is 2.12 bits per heavy atom. The van der Waals surface area contributed by atoms with E-state index >= 15 is 0 Å². The van der Waals surface area contributed by atoms with Crippen LogP contribution in [-0.2, 0) is 0 Å². The molecule has 2 rings (SSSR count). The van der Waals surface area contributed by atoms with Gasteiger partial charge in [0.2, 0.25) is 0 Å². The number of hydrogen-bond acceptors (Lipinski definition) is 4. The predicted octanol–water partition coefficient (Wildman–Crippen LogP) is 2.25. The van der Waals surface area contributed by atoms with Crippen molar-refractivity contribution in [3.63, 3.8) is 0 Å². The van der Waals surface area contributed by atoms with Gasteiger partial charge in [-0.15, -0.1) is 0 Å². The second kappa shape index (κ2) is 5.45. The van der Waals surface area contributed by atoms with E-state index in [0.29, 0.717) is 12.0 Å². The number of benzene rings is 1. The minimum Gasteiger partial charge on any atom is -0.370 e. The number of thioether (sulfide) groups is 1. The van der Waals surface area contributed by atoms with Crippen molar-refractivity contribution in [3.05, 3.63) is 29.8 Å². The van der Waals surface area contributed by atoms with Crippen LogP contribution in [0.5, 0.6) is 0 Å². The minimum atomic E-state index is 0.421. The molecule has 1 unspecified atom stereocenters. The van der Waals surface area contributed by atoms with Gasteiger partial charge in [0.25, 0.3) is 0 Å². The van der Waals surface area contributed by atoms with Crippen LogP contribution < -0.4 is 10.6 Å². The molecule has 0 spiro atoms. The first kappa shape index (κ1) is 12.3. The fraction of sp³-hybridized carbons (Fsp3) is 0.462. The van der Waals surface area contributed by atoms with Crippen LogP contribution in [0.3, 0.4) is 0 Å². The third kappa shape index (κ3) is 2.75. The number of guanidine groups is 1. The summed E-state index contributed by atoms with van der Waals surface area (Å²) in [5.41, 5.74) is 8.40. The van der Waals surface area contributed by atoms with Gasteiger partial charge in [-0.2, -0.15) is 11.8 Å². The van der Waals surface area contributed by atoms with Gasteiger partial charge < -0.3 is 10.6 Å². The Balaban J connectivity index is 2.15. The quantitative estimate of drug-likeness (QED) is 0.890. The Morgan fingerprint density at radius 1 is 1.41 bits per heavy atom. The van der Waals surface area contributed by atoms with Crippen molar-refractivity contribution in [1.82, 2.24) is 0 Å². The van der Waals surface area contributed by atoms with Crippen LogP contribution in [0, 0.1) is 6.92 Å². The third-order valence-electron chi connectivity index (χ3n) is 3.04. The van der Waals surface area contributed by atoms with Crippen LogP contribution in [0.2, 0.25) is 0 Å². The summed E-state index contributed by atoms with van der Waals surface area (Å²) in [5, 5.41) is 0. The van der Waals surface area contributed by atoms with E-state index < -0.39 is 0 Å². The van der Waals surface area contributed by atoms with Crippen LogP contribution in [0.1, 0.15) is 12.0 Å². The van der Waals surface area contributed by atoms with Gasteiger partial charge in [-0.1, -0.05) is 17.7 Å². The number of aliphatic imine (C=N–C) groups is 1. The number of hydrogen-bond donors (Lipinski definition) is 1. The molecule has 0 radical (unpaired) electrons. The predicted molar refractivity (Wildman–Crippen MR) is 76.9 cm³/mol. The molecule has 92 valence electrons. The van der Waals surface area contributed by atoms with E-state index in [1.165, 1.54) is 5.56 Å². The van der Waals surface area contributed by atoms with Gasteiger partial charge in [-0.05, 0) is 37.5 Å². The first-order valence-corrected chi connectivity index (χ1v) is 7.26. The normalized spacial score (nSPS) is 19.5. The minimum absolute atomic E-state index is 0.421. The lowest BCUT2D eigenvalue weighted by Crippen LogP contribution is -2.41. The highest BCUT2D eigenvalue weighted by Crippen LogP contribution is 2.23. The SMILES string of the molecule is CSCCC1CN=C(N)N1c1ccc(C)cc1. The van der Waals surface area contributed by atoms with Gasteiger partial charge in [-0.3, -0.25) is 4.99 Å². The number of anilines is 1. The van der Waals surface area contributed by atoms with Gasteiger partial charge in [0.1, 0.15) is 0 Å². The molecule has 0 saturated heterocycles. The second-order valence-electron chi connectivity index (χ2n) is 4.34. The van der Waals surface area contributed by atoms with Crippen molar-refractivity contribution in [1.29, 1.82) is 0 Å². The average Bonchev–Trinajstić information content (AvgIpc) is 2.69. The second-order valence-corrected chi connectivity index (χ2v) is 5.33. The molecule has 0 fully saturated rings. The van der Waals surface area contributed by atoms with E-state index in [1.807, 2.05) is 11.8 Å². The summed E-state index contributed by atoms with van der Waals surface area (Å²) in [4.78, 5) is 6.52. The molecule has 1 aromatic carbocycles. The van der Waals surface area contributed by atoms with E-state index in [-0.39, 0.29) is 0 Å². The van der Waals surface area contributed by atoms with E-state index in [1.54, 1.807) is 0 Å². The molecule has 1 atom stereocenters. The van der Waals surface area contributed by atoms with Crippen molar-refractivity contribution < 1.29 is 0 Å². The highest BCUT2D eigenvalue weighted by atomic mass is 32.2.